The van der Waals surface area contributed by atoms with Crippen LogP contribution in [0.1, 0.15) is 43.8 Å². The Kier molecular flexibility index (Phi) is 4.93. The molecule has 4 aromatic rings. The number of carbonyl (C=O) groups excluding carboxylic acids is 1. The van der Waals surface area contributed by atoms with Gasteiger partial charge in [-0.2, -0.15) is 5.10 Å². The minimum Gasteiger partial charge on any atom is -0.355 e. The number of carbonyl (C=O) groups is 1. The maximum Gasteiger partial charge on any atom is 0.276 e. The van der Waals surface area contributed by atoms with Gasteiger partial charge in [0, 0.05) is 47.8 Å². The number of benzene rings is 1. The van der Waals surface area contributed by atoms with Gasteiger partial charge in [-0.05, 0) is 43.0 Å². The van der Waals surface area contributed by atoms with Crippen LogP contribution in [0.15, 0.2) is 40.2 Å². The Balaban J connectivity index is 1.47. The normalized spacial score (nSPS) is 15.8. The number of halogens is 2. The number of thiophene rings is 1. The average Bonchev–Trinajstić information content (AvgIpc) is 3.47. The highest BCUT2D eigenvalue weighted by Crippen LogP contribution is 2.39. The molecule has 1 unspecified atom stereocenters. The third-order valence-electron chi connectivity index (χ3n) is 6.02. The van der Waals surface area contributed by atoms with E-state index in [-0.39, 0.29) is 28.8 Å². The predicted molar refractivity (Wildman–Crippen MR) is 115 cm³/mol. The summed E-state index contributed by atoms with van der Waals surface area (Å²) in [5, 5.41) is 10.5. The molecule has 0 saturated carbocycles. The first-order valence-corrected chi connectivity index (χ1v) is 11.0. The maximum absolute atomic E-state index is 14.1. The van der Waals surface area contributed by atoms with Gasteiger partial charge < -0.3 is 9.42 Å². The highest BCUT2D eigenvalue weighted by Gasteiger charge is 2.34. The van der Waals surface area contributed by atoms with Gasteiger partial charge in [0.25, 0.3) is 5.91 Å². The van der Waals surface area contributed by atoms with Gasteiger partial charge in [-0.25, -0.2) is 8.78 Å². The van der Waals surface area contributed by atoms with Gasteiger partial charge in [-0.1, -0.05) is 5.16 Å². The van der Waals surface area contributed by atoms with Crippen molar-refractivity contribution in [3.8, 4) is 11.3 Å². The topological polar surface area (TPSA) is 64.2 Å². The molecule has 0 aliphatic carbocycles. The second-order valence-corrected chi connectivity index (χ2v) is 8.95. The first-order valence-electron chi connectivity index (χ1n) is 10.1. The fraction of sp³-hybridized carbons (Fsp3) is 0.261. The number of nitrogens with zero attached hydrogens (tertiary/aromatic N) is 4. The number of aromatic nitrogens is 3. The number of aryl methyl sites for hydroxylation is 2. The summed E-state index contributed by atoms with van der Waals surface area (Å²) in [6.45, 7) is 4.95. The summed E-state index contributed by atoms with van der Waals surface area (Å²) in [6, 6.07) is 6.68. The standard InChI is InChI=1S/C23H20F2N4O2S/c1-12-22(13(2)28(3)26-12)17-10-29(11-21-15(17)6-7-32-21)23(30)19-9-20(31-27-19)16-5-4-14(24)8-18(16)25/h4-9,17H,10-11H2,1-3H3. The Morgan fingerprint density at radius 2 is 2.03 bits per heavy atom. The number of amides is 1. The fourth-order valence-corrected chi connectivity index (χ4v) is 5.35. The maximum atomic E-state index is 14.1. The molecule has 5 rings (SSSR count). The highest BCUT2D eigenvalue weighted by molar-refractivity contribution is 7.10. The third kappa shape index (κ3) is 3.33. The summed E-state index contributed by atoms with van der Waals surface area (Å²) in [6.07, 6.45) is 0. The van der Waals surface area contributed by atoms with E-state index in [2.05, 4.69) is 16.3 Å². The molecule has 1 aliphatic rings. The lowest BCUT2D eigenvalue weighted by atomic mass is 9.87. The van der Waals surface area contributed by atoms with Crippen molar-refractivity contribution in [1.29, 1.82) is 0 Å². The molecule has 0 fully saturated rings. The second kappa shape index (κ2) is 7.67. The van der Waals surface area contributed by atoms with E-state index < -0.39 is 11.6 Å². The smallest absolute Gasteiger partial charge is 0.276 e. The molecule has 0 radical (unpaired) electrons. The van der Waals surface area contributed by atoms with Gasteiger partial charge >= 0.3 is 0 Å². The molecule has 4 heterocycles. The van der Waals surface area contributed by atoms with Crippen LogP contribution in [-0.2, 0) is 13.6 Å². The summed E-state index contributed by atoms with van der Waals surface area (Å²) >= 11 is 1.61. The molecule has 164 valence electrons. The van der Waals surface area contributed by atoms with Crippen LogP contribution in [0.25, 0.3) is 11.3 Å². The molecule has 1 aliphatic heterocycles. The van der Waals surface area contributed by atoms with Gasteiger partial charge in [-0.3, -0.25) is 9.48 Å². The van der Waals surface area contributed by atoms with E-state index in [1.54, 1.807) is 16.2 Å². The van der Waals surface area contributed by atoms with Crippen molar-refractivity contribution in [1.82, 2.24) is 19.8 Å². The van der Waals surface area contributed by atoms with Crippen LogP contribution in [0.3, 0.4) is 0 Å². The van der Waals surface area contributed by atoms with Crippen molar-refractivity contribution >= 4 is 17.2 Å². The average molecular weight is 455 g/mol. The Morgan fingerprint density at radius 3 is 2.75 bits per heavy atom. The molecule has 0 spiro atoms. The molecule has 1 aromatic carbocycles. The number of hydrogen-bond donors (Lipinski definition) is 0. The van der Waals surface area contributed by atoms with E-state index >= 15 is 0 Å². The van der Waals surface area contributed by atoms with Gasteiger partial charge in [0.2, 0.25) is 0 Å². The Labute approximate surface area is 187 Å². The van der Waals surface area contributed by atoms with Crippen molar-refractivity contribution < 1.29 is 18.1 Å². The van der Waals surface area contributed by atoms with E-state index in [1.165, 1.54) is 17.7 Å². The van der Waals surface area contributed by atoms with Gasteiger partial charge in [0.1, 0.15) is 11.6 Å². The van der Waals surface area contributed by atoms with Crippen molar-refractivity contribution in [2.24, 2.45) is 7.05 Å². The molecule has 1 atom stereocenters. The second-order valence-electron chi connectivity index (χ2n) is 7.95. The SMILES string of the molecule is Cc1nn(C)c(C)c1C1CN(C(=O)c2cc(-c3ccc(F)cc3F)on2)Cc2sccc21. The number of hydrogen-bond acceptors (Lipinski definition) is 5. The van der Waals surface area contributed by atoms with E-state index in [4.69, 9.17) is 4.52 Å². The monoisotopic (exact) mass is 454 g/mol. The van der Waals surface area contributed by atoms with Crippen LogP contribution < -0.4 is 0 Å². The largest absolute Gasteiger partial charge is 0.355 e. The minimum atomic E-state index is -0.774. The van der Waals surface area contributed by atoms with E-state index in [9.17, 15) is 13.6 Å². The molecule has 3 aromatic heterocycles. The molecule has 0 saturated heterocycles. The molecule has 9 heteroatoms. The van der Waals surface area contributed by atoms with Crippen LogP contribution in [0.5, 0.6) is 0 Å². The molecule has 6 nitrogen and oxygen atoms in total. The minimum absolute atomic E-state index is 0.00330. The Hall–Kier alpha value is -3.33. The van der Waals surface area contributed by atoms with Crippen LogP contribution >= 0.6 is 11.3 Å². The quantitative estimate of drug-likeness (QED) is 0.445. The fourth-order valence-electron chi connectivity index (χ4n) is 4.40. The lowest BCUT2D eigenvalue weighted by Crippen LogP contribution is -2.38. The summed E-state index contributed by atoms with van der Waals surface area (Å²) in [5.41, 5.74) is 4.48. The van der Waals surface area contributed by atoms with Crippen molar-refractivity contribution in [2.45, 2.75) is 26.3 Å². The lowest BCUT2D eigenvalue weighted by molar-refractivity contribution is 0.0717. The van der Waals surface area contributed by atoms with E-state index in [0.29, 0.717) is 13.1 Å². The van der Waals surface area contributed by atoms with Gasteiger partial charge in [0.15, 0.2) is 11.5 Å². The van der Waals surface area contributed by atoms with Crippen LogP contribution in [0, 0.1) is 25.5 Å². The molecule has 0 bridgehead atoms. The lowest BCUT2D eigenvalue weighted by Gasteiger charge is -2.33. The summed E-state index contributed by atoms with van der Waals surface area (Å²) in [7, 11) is 1.91. The summed E-state index contributed by atoms with van der Waals surface area (Å²) in [5.74, 6) is -1.68. The predicted octanol–water partition coefficient (Wildman–Crippen LogP) is 4.82. The summed E-state index contributed by atoms with van der Waals surface area (Å²) < 4.78 is 34.4. The van der Waals surface area contributed by atoms with E-state index in [1.807, 2.05) is 31.0 Å². The van der Waals surface area contributed by atoms with Crippen molar-refractivity contribution in [2.75, 3.05) is 6.54 Å². The third-order valence-corrected chi connectivity index (χ3v) is 6.94. The molecule has 0 N–H and O–H groups in total. The van der Waals surface area contributed by atoms with Crippen LogP contribution in [0.4, 0.5) is 8.78 Å². The van der Waals surface area contributed by atoms with Crippen LogP contribution in [-0.4, -0.2) is 32.3 Å². The number of rotatable bonds is 3. The van der Waals surface area contributed by atoms with Gasteiger partial charge in [0.05, 0.1) is 17.8 Å². The molecular formula is C23H20F2N4O2S. The first-order chi connectivity index (χ1) is 15.3. The molecule has 1 amide bonds. The van der Waals surface area contributed by atoms with Gasteiger partial charge in [-0.15, -0.1) is 11.3 Å². The van der Waals surface area contributed by atoms with Crippen LogP contribution in [0.2, 0.25) is 0 Å². The zero-order chi connectivity index (χ0) is 22.6. The van der Waals surface area contributed by atoms with Crippen molar-refractivity contribution in [3.63, 3.8) is 0 Å². The number of fused-ring (bicyclic) bond motifs is 1. The highest BCUT2D eigenvalue weighted by atomic mass is 32.1. The zero-order valence-electron chi connectivity index (χ0n) is 17.7. The Morgan fingerprint density at radius 1 is 1.22 bits per heavy atom. The summed E-state index contributed by atoms with van der Waals surface area (Å²) in [4.78, 5) is 16.2. The first kappa shape index (κ1) is 20.6. The molecule has 32 heavy (non-hydrogen) atoms. The molecular weight excluding hydrogens is 434 g/mol. The zero-order valence-corrected chi connectivity index (χ0v) is 18.5. The van der Waals surface area contributed by atoms with Crippen molar-refractivity contribution in [3.05, 3.63) is 80.4 Å². The van der Waals surface area contributed by atoms with E-state index in [0.717, 1.165) is 34.0 Å². The Bertz CT molecular complexity index is 1340.